The number of amides is 1. The van der Waals surface area contributed by atoms with E-state index in [2.05, 4.69) is 21.2 Å². The molecular formula is C9H16BrN3O5. The van der Waals surface area contributed by atoms with Crippen LogP contribution < -0.4 is 5.32 Å². The number of nitro groups is 2. The van der Waals surface area contributed by atoms with E-state index < -0.39 is 28.0 Å². The van der Waals surface area contributed by atoms with Gasteiger partial charge in [-0.15, -0.1) is 0 Å². The third-order valence-electron chi connectivity index (χ3n) is 2.55. The normalized spacial score (nSPS) is 11.0. The number of carbonyl (C=O) groups is 1. The second-order valence-electron chi connectivity index (χ2n) is 3.86. The van der Waals surface area contributed by atoms with E-state index in [0.717, 1.165) is 6.42 Å². The standard InChI is InChI=1S/C9H16BrN3O5/c1-2-3-4-5-9(12(15)16,13(17)18)7-11-8(14)6-10/h2-7H2,1H3,(H,11,14). The fraction of sp³-hybridized carbons (Fsp3) is 0.889. The summed E-state index contributed by atoms with van der Waals surface area (Å²) in [5.74, 6) is -0.515. The van der Waals surface area contributed by atoms with Crippen molar-refractivity contribution in [2.24, 2.45) is 0 Å². The van der Waals surface area contributed by atoms with Crippen LogP contribution in [0.3, 0.4) is 0 Å². The Morgan fingerprint density at radius 1 is 1.28 bits per heavy atom. The van der Waals surface area contributed by atoms with E-state index in [1.54, 1.807) is 0 Å². The molecule has 18 heavy (non-hydrogen) atoms. The van der Waals surface area contributed by atoms with Gasteiger partial charge in [-0.05, 0) is 6.42 Å². The molecule has 0 aliphatic rings. The topological polar surface area (TPSA) is 115 Å². The van der Waals surface area contributed by atoms with E-state index in [0.29, 0.717) is 12.8 Å². The van der Waals surface area contributed by atoms with Gasteiger partial charge in [0.05, 0.1) is 11.8 Å². The molecule has 1 N–H and O–H groups in total. The molecule has 0 aliphatic heterocycles. The molecule has 0 aromatic heterocycles. The van der Waals surface area contributed by atoms with Crippen LogP contribution in [0.1, 0.15) is 32.6 Å². The highest BCUT2D eigenvalue weighted by molar-refractivity contribution is 9.09. The number of nitrogens with one attached hydrogen (secondary N) is 1. The van der Waals surface area contributed by atoms with Gasteiger partial charge < -0.3 is 5.32 Å². The smallest absolute Gasteiger partial charge is 0.342 e. The number of alkyl halides is 1. The van der Waals surface area contributed by atoms with Crippen LogP contribution >= 0.6 is 15.9 Å². The van der Waals surface area contributed by atoms with E-state index >= 15 is 0 Å². The summed E-state index contributed by atoms with van der Waals surface area (Å²) >= 11 is 2.87. The molecule has 0 heterocycles. The average molecular weight is 326 g/mol. The number of rotatable bonds is 9. The minimum atomic E-state index is -2.33. The van der Waals surface area contributed by atoms with Crippen molar-refractivity contribution >= 4 is 21.8 Å². The van der Waals surface area contributed by atoms with E-state index in [1.807, 2.05) is 6.92 Å². The zero-order valence-corrected chi connectivity index (χ0v) is 11.6. The first-order valence-corrected chi connectivity index (χ1v) is 6.64. The first-order chi connectivity index (χ1) is 8.40. The highest BCUT2D eigenvalue weighted by atomic mass is 79.9. The molecule has 0 bridgehead atoms. The van der Waals surface area contributed by atoms with Gasteiger partial charge in [-0.1, -0.05) is 35.7 Å². The third kappa shape index (κ3) is 4.55. The summed E-state index contributed by atoms with van der Waals surface area (Å²) < 4.78 is 0. The lowest BCUT2D eigenvalue weighted by atomic mass is 10.0. The van der Waals surface area contributed by atoms with Crippen molar-refractivity contribution in [3.8, 4) is 0 Å². The molecule has 0 aliphatic carbocycles. The molecule has 0 saturated carbocycles. The van der Waals surface area contributed by atoms with Crippen molar-refractivity contribution in [3.63, 3.8) is 0 Å². The predicted octanol–water partition coefficient (Wildman–Crippen LogP) is 1.33. The SMILES string of the molecule is CCCCCC(CNC(=O)CBr)([N+](=O)[O-])[N+](=O)[O-]. The van der Waals surface area contributed by atoms with E-state index in [1.165, 1.54) is 0 Å². The monoisotopic (exact) mass is 325 g/mol. The number of hydrogen-bond acceptors (Lipinski definition) is 5. The summed E-state index contributed by atoms with van der Waals surface area (Å²) in [4.78, 5) is 31.1. The Bertz CT molecular complexity index is 309. The second kappa shape index (κ2) is 7.96. The zero-order chi connectivity index (χ0) is 14.2. The first-order valence-electron chi connectivity index (χ1n) is 5.52. The van der Waals surface area contributed by atoms with E-state index in [-0.39, 0.29) is 11.8 Å². The van der Waals surface area contributed by atoms with Crippen molar-refractivity contribution < 1.29 is 14.6 Å². The molecular weight excluding hydrogens is 310 g/mol. The first kappa shape index (κ1) is 16.8. The molecule has 8 nitrogen and oxygen atoms in total. The van der Waals surface area contributed by atoms with Crippen LogP contribution in [0.5, 0.6) is 0 Å². The maximum absolute atomic E-state index is 11.0. The largest absolute Gasteiger partial charge is 0.475 e. The van der Waals surface area contributed by atoms with Gasteiger partial charge in [-0.2, -0.15) is 0 Å². The van der Waals surface area contributed by atoms with Crippen LogP contribution in [0.25, 0.3) is 0 Å². The Kier molecular flexibility index (Phi) is 7.41. The molecule has 0 rings (SSSR count). The Morgan fingerprint density at radius 2 is 1.83 bits per heavy atom. The molecule has 0 spiro atoms. The van der Waals surface area contributed by atoms with Gasteiger partial charge in [-0.3, -0.25) is 25.0 Å². The molecule has 0 aromatic rings. The maximum Gasteiger partial charge on any atom is 0.475 e. The van der Waals surface area contributed by atoms with Crippen LogP contribution in [0.2, 0.25) is 0 Å². The lowest BCUT2D eigenvalue weighted by Crippen LogP contribution is -2.54. The summed E-state index contributed by atoms with van der Waals surface area (Å²) in [6.07, 6.45) is 1.67. The lowest BCUT2D eigenvalue weighted by molar-refractivity contribution is -0.795. The summed E-state index contributed by atoms with van der Waals surface area (Å²) in [5.41, 5.74) is -2.33. The molecule has 0 unspecified atom stereocenters. The van der Waals surface area contributed by atoms with Gasteiger partial charge >= 0.3 is 5.66 Å². The van der Waals surface area contributed by atoms with Crippen molar-refractivity contribution in [2.45, 2.75) is 38.3 Å². The van der Waals surface area contributed by atoms with Gasteiger partial charge in [0.2, 0.25) is 5.91 Å². The second-order valence-corrected chi connectivity index (χ2v) is 4.42. The molecule has 0 atom stereocenters. The van der Waals surface area contributed by atoms with Crippen molar-refractivity contribution in [3.05, 3.63) is 20.2 Å². The van der Waals surface area contributed by atoms with Crippen LogP contribution in [-0.2, 0) is 4.79 Å². The van der Waals surface area contributed by atoms with Crippen LogP contribution in [-0.4, -0.2) is 33.3 Å². The summed E-state index contributed by atoms with van der Waals surface area (Å²) in [6.45, 7) is 1.30. The number of hydrogen-bond donors (Lipinski definition) is 1. The van der Waals surface area contributed by atoms with E-state index in [4.69, 9.17) is 0 Å². The number of nitrogens with zero attached hydrogens (tertiary/aromatic N) is 2. The quantitative estimate of drug-likeness (QED) is 0.226. The van der Waals surface area contributed by atoms with Gasteiger partial charge in [0, 0.05) is 0 Å². The fourth-order valence-corrected chi connectivity index (χ4v) is 1.61. The molecule has 0 saturated heterocycles. The van der Waals surface area contributed by atoms with Gasteiger partial charge in [0.15, 0.2) is 6.54 Å². The fourth-order valence-electron chi connectivity index (χ4n) is 1.41. The summed E-state index contributed by atoms with van der Waals surface area (Å²) in [7, 11) is 0. The Labute approximate surface area is 113 Å². The van der Waals surface area contributed by atoms with Crippen LogP contribution in [0.15, 0.2) is 0 Å². The average Bonchev–Trinajstić information content (AvgIpc) is 2.32. The Hall–Kier alpha value is -1.25. The minimum absolute atomic E-state index is 0.0481. The maximum atomic E-state index is 11.0. The number of halogens is 1. The molecule has 0 radical (unpaired) electrons. The third-order valence-corrected chi connectivity index (χ3v) is 3.06. The van der Waals surface area contributed by atoms with Gasteiger partial charge in [0.25, 0.3) is 0 Å². The zero-order valence-electron chi connectivity index (χ0n) is 10.1. The van der Waals surface area contributed by atoms with Crippen molar-refractivity contribution in [2.75, 3.05) is 11.9 Å². The van der Waals surface area contributed by atoms with E-state index in [9.17, 15) is 25.0 Å². The highest BCUT2D eigenvalue weighted by Gasteiger charge is 2.55. The number of unbranched alkanes of at least 4 members (excludes halogenated alkanes) is 2. The molecule has 1 amide bonds. The van der Waals surface area contributed by atoms with Gasteiger partial charge in [-0.25, -0.2) is 0 Å². The molecule has 9 heteroatoms. The molecule has 0 fully saturated rings. The Balaban J connectivity index is 4.81. The molecule has 104 valence electrons. The van der Waals surface area contributed by atoms with Crippen LogP contribution in [0, 0.1) is 20.2 Å². The highest BCUT2D eigenvalue weighted by Crippen LogP contribution is 2.19. The summed E-state index contributed by atoms with van der Waals surface area (Å²) in [6, 6.07) is 0. The van der Waals surface area contributed by atoms with Gasteiger partial charge in [0.1, 0.15) is 9.85 Å². The minimum Gasteiger partial charge on any atom is -0.342 e. The Morgan fingerprint density at radius 3 is 2.22 bits per heavy atom. The van der Waals surface area contributed by atoms with Crippen molar-refractivity contribution in [1.82, 2.24) is 5.32 Å². The molecule has 0 aromatic carbocycles. The predicted molar refractivity (Wildman–Crippen MR) is 67.7 cm³/mol. The summed E-state index contributed by atoms with van der Waals surface area (Å²) in [5, 5.41) is 24.1. The van der Waals surface area contributed by atoms with Crippen molar-refractivity contribution in [1.29, 1.82) is 0 Å². The van der Waals surface area contributed by atoms with Crippen LogP contribution in [0.4, 0.5) is 0 Å². The lowest BCUT2D eigenvalue weighted by Gasteiger charge is -2.17. The number of carbonyl (C=O) groups excluding carboxylic acids is 1.